The van der Waals surface area contributed by atoms with E-state index in [1.54, 1.807) is 12.1 Å². The Kier molecular flexibility index (Phi) is 5.38. The average Bonchev–Trinajstić information content (AvgIpc) is 2.47. The highest BCUT2D eigenvalue weighted by Gasteiger charge is 2.01. The van der Waals surface area contributed by atoms with Crippen molar-refractivity contribution >= 4 is 15.9 Å². The lowest BCUT2D eigenvalue weighted by Crippen LogP contribution is -2.09. The average molecular weight is 340 g/mol. The molecule has 0 saturated heterocycles. The van der Waals surface area contributed by atoms with E-state index in [0.717, 1.165) is 11.3 Å². The first-order chi connectivity index (χ1) is 9.69. The van der Waals surface area contributed by atoms with Gasteiger partial charge < -0.3 is 15.2 Å². The van der Waals surface area contributed by atoms with Gasteiger partial charge in [-0.05, 0) is 45.8 Å². The van der Waals surface area contributed by atoms with Crippen LogP contribution >= 0.6 is 15.9 Å². The smallest absolute Gasteiger partial charge is 0.141 e. The first-order valence-electron chi connectivity index (χ1n) is 6.18. The molecule has 0 spiro atoms. The molecule has 0 aliphatic carbocycles. The normalized spacial score (nSPS) is 10.3. The molecular weight excluding hydrogens is 325 g/mol. The van der Waals surface area contributed by atoms with Gasteiger partial charge in [0.05, 0.1) is 4.47 Å². The molecule has 0 aromatic heterocycles. The van der Waals surface area contributed by atoms with Gasteiger partial charge in [-0.25, -0.2) is 4.39 Å². The van der Waals surface area contributed by atoms with E-state index >= 15 is 0 Å². The SMILES string of the molecule is NCc1cccc(OCCOc2ccc(Br)c(F)c2)c1. The number of nitrogens with two attached hydrogens (primary N) is 1. The second-order valence-electron chi connectivity index (χ2n) is 4.12. The molecule has 0 fully saturated rings. The quantitative estimate of drug-likeness (QED) is 0.819. The van der Waals surface area contributed by atoms with Crippen LogP contribution in [0.15, 0.2) is 46.9 Å². The minimum absolute atomic E-state index is 0.341. The highest BCUT2D eigenvalue weighted by molar-refractivity contribution is 9.10. The summed E-state index contributed by atoms with van der Waals surface area (Å²) in [7, 11) is 0. The zero-order valence-electron chi connectivity index (χ0n) is 10.8. The summed E-state index contributed by atoms with van der Waals surface area (Å²) in [6, 6.07) is 12.2. The number of rotatable bonds is 6. The van der Waals surface area contributed by atoms with Gasteiger partial charge in [0.1, 0.15) is 30.5 Å². The third-order valence-electron chi connectivity index (χ3n) is 2.65. The highest BCUT2D eigenvalue weighted by Crippen LogP contribution is 2.21. The van der Waals surface area contributed by atoms with Gasteiger partial charge in [-0.1, -0.05) is 12.1 Å². The third kappa shape index (κ3) is 4.21. The van der Waals surface area contributed by atoms with Crippen LogP contribution in [0.2, 0.25) is 0 Å². The van der Waals surface area contributed by atoms with Crippen molar-refractivity contribution in [2.45, 2.75) is 6.54 Å². The van der Waals surface area contributed by atoms with Gasteiger partial charge in [0, 0.05) is 12.6 Å². The number of hydrogen-bond donors (Lipinski definition) is 1. The molecule has 106 valence electrons. The molecule has 0 unspecified atom stereocenters. The number of benzene rings is 2. The molecule has 0 aliphatic rings. The zero-order chi connectivity index (χ0) is 14.4. The van der Waals surface area contributed by atoms with Crippen LogP contribution in [0.25, 0.3) is 0 Å². The van der Waals surface area contributed by atoms with Crippen molar-refractivity contribution in [2.24, 2.45) is 5.73 Å². The van der Waals surface area contributed by atoms with Gasteiger partial charge in [0.15, 0.2) is 0 Å². The van der Waals surface area contributed by atoms with Crippen molar-refractivity contribution in [2.75, 3.05) is 13.2 Å². The van der Waals surface area contributed by atoms with Crippen LogP contribution in [0.5, 0.6) is 11.5 Å². The fourth-order valence-corrected chi connectivity index (χ4v) is 1.89. The summed E-state index contributed by atoms with van der Waals surface area (Å²) in [5, 5.41) is 0. The van der Waals surface area contributed by atoms with Crippen molar-refractivity contribution in [3.05, 3.63) is 58.3 Å². The van der Waals surface area contributed by atoms with Crippen molar-refractivity contribution in [1.82, 2.24) is 0 Å². The molecule has 0 bridgehead atoms. The van der Waals surface area contributed by atoms with E-state index in [0.29, 0.717) is 30.0 Å². The Morgan fingerprint density at radius 1 is 1.00 bits per heavy atom. The number of ether oxygens (including phenoxy) is 2. The fourth-order valence-electron chi connectivity index (χ4n) is 1.65. The van der Waals surface area contributed by atoms with Crippen LogP contribution in [0.4, 0.5) is 4.39 Å². The molecule has 0 radical (unpaired) electrons. The van der Waals surface area contributed by atoms with Crippen molar-refractivity contribution in [3.63, 3.8) is 0 Å². The summed E-state index contributed by atoms with van der Waals surface area (Å²) in [5.74, 6) is 0.877. The molecule has 0 amide bonds. The van der Waals surface area contributed by atoms with Crippen LogP contribution in [0, 0.1) is 5.82 Å². The lowest BCUT2D eigenvalue weighted by molar-refractivity contribution is 0.216. The lowest BCUT2D eigenvalue weighted by atomic mass is 10.2. The molecule has 2 N–H and O–H groups in total. The van der Waals surface area contributed by atoms with Crippen molar-refractivity contribution in [3.8, 4) is 11.5 Å². The van der Waals surface area contributed by atoms with Gasteiger partial charge in [0.25, 0.3) is 0 Å². The molecule has 5 heteroatoms. The minimum atomic E-state index is -0.348. The monoisotopic (exact) mass is 339 g/mol. The van der Waals surface area contributed by atoms with Crippen LogP contribution in [0.3, 0.4) is 0 Å². The maximum atomic E-state index is 13.3. The van der Waals surface area contributed by atoms with E-state index in [9.17, 15) is 4.39 Å². The first kappa shape index (κ1) is 14.8. The minimum Gasteiger partial charge on any atom is -0.490 e. The Hall–Kier alpha value is -1.59. The maximum absolute atomic E-state index is 13.3. The second-order valence-corrected chi connectivity index (χ2v) is 4.98. The maximum Gasteiger partial charge on any atom is 0.141 e. The Morgan fingerprint density at radius 2 is 1.70 bits per heavy atom. The van der Waals surface area contributed by atoms with E-state index in [1.165, 1.54) is 6.07 Å². The number of hydrogen-bond acceptors (Lipinski definition) is 3. The molecule has 0 atom stereocenters. The largest absolute Gasteiger partial charge is 0.490 e. The van der Waals surface area contributed by atoms with Gasteiger partial charge in [0.2, 0.25) is 0 Å². The molecule has 0 aliphatic heterocycles. The molecule has 0 heterocycles. The van der Waals surface area contributed by atoms with E-state index in [2.05, 4.69) is 15.9 Å². The van der Waals surface area contributed by atoms with E-state index in [4.69, 9.17) is 15.2 Å². The molecule has 2 aromatic carbocycles. The van der Waals surface area contributed by atoms with Crippen LogP contribution in [0.1, 0.15) is 5.56 Å². The molecule has 20 heavy (non-hydrogen) atoms. The summed E-state index contributed by atoms with van der Waals surface area (Å²) in [6.07, 6.45) is 0. The van der Waals surface area contributed by atoms with E-state index < -0.39 is 0 Å². The predicted octanol–water partition coefficient (Wildman–Crippen LogP) is 3.50. The van der Waals surface area contributed by atoms with Crippen LogP contribution < -0.4 is 15.2 Å². The van der Waals surface area contributed by atoms with Gasteiger partial charge >= 0.3 is 0 Å². The Labute approximate surface area is 125 Å². The summed E-state index contributed by atoms with van der Waals surface area (Å²) >= 11 is 3.09. The standard InChI is InChI=1S/C15H15BrFNO2/c16-14-5-4-13(9-15(14)17)20-7-6-19-12-3-1-2-11(8-12)10-18/h1-5,8-9H,6-7,10,18H2. The first-order valence-corrected chi connectivity index (χ1v) is 6.98. The van der Waals surface area contributed by atoms with E-state index in [1.807, 2.05) is 24.3 Å². The fraction of sp³-hybridized carbons (Fsp3) is 0.200. The Bertz CT molecular complexity index is 578. The topological polar surface area (TPSA) is 44.5 Å². The predicted molar refractivity (Wildman–Crippen MR) is 79.4 cm³/mol. The Morgan fingerprint density at radius 3 is 2.35 bits per heavy atom. The lowest BCUT2D eigenvalue weighted by Gasteiger charge is -2.09. The summed E-state index contributed by atoms with van der Waals surface area (Å²) in [5.41, 5.74) is 6.57. The van der Waals surface area contributed by atoms with E-state index in [-0.39, 0.29) is 5.82 Å². The van der Waals surface area contributed by atoms with Crippen molar-refractivity contribution in [1.29, 1.82) is 0 Å². The highest BCUT2D eigenvalue weighted by atomic mass is 79.9. The molecular formula is C15H15BrFNO2. The zero-order valence-corrected chi connectivity index (χ0v) is 12.4. The second kappa shape index (κ2) is 7.26. The Balaban J connectivity index is 1.79. The van der Waals surface area contributed by atoms with Crippen LogP contribution in [-0.2, 0) is 6.54 Å². The molecule has 2 aromatic rings. The van der Waals surface area contributed by atoms with Crippen LogP contribution in [-0.4, -0.2) is 13.2 Å². The van der Waals surface area contributed by atoms with Gasteiger partial charge in [-0.15, -0.1) is 0 Å². The van der Waals surface area contributed by atoms with Gasteiger partial charge in [-0.3, -0.25) is 0 Å². The van der Waals surface area contributed by atoms with Crippen molar-refractivity contribution < 1.29 is 13.9 Å². The molecule has 0 saturated carbocycles. The summed E-state index contributed by atoms with van der Waals surface area (Å²) < 4.78 is 24.6. The molecule has 3 nitrogen and oxygen atoms in total. The summed E-state index contributed by atoms with van der Waals surface area (Å²) in [4.78, 5) is 0. The number of halogens is 2. The molecule has 2 rings (SSSR count). The third-order valence-corrected chi connectivity index (χ3v) is 3.29. The van der Waals surface area contributed by atoms with Gasteiger partial charge in [-0.2, -0.15) is 0 Å². The summed E-state index contributed by atoms with van der Waals surface area (Å²) in [6.45, 7) is 1.20.